The first-order chi connectivity index (χ1) is 14.0. The van der Waals surface area contributed by atoms with Crippen LogP contribution in [0.15, 0.2) is 42.5 Å². The molecule has 1 aliphatic heterocycles. The van der Waals surface area contributed by atoms with Crippen LogP contribution in [-0.4, -0.2) is 45.1 Å². The highest BCUT2D eigenvalue weighted by Crippen LogP contribution is 2.41. The van der Waals surface area contributed by atoms with Gasteiger partial charge in [-0.15, -0.1) is 0 Å². The van der Waals surface area contributed by atoms with Crippen molar-refractivity contribution in [3.8, 4) is 17.2 Å². The summed E-state index contributed by atoms with van der Waals surface area (Å²) in [6, 6.07) is 12.7. The van der Waals surface area contributed by atoms with Crippen LogP contribution < -0.4 is 19.5 Å². The number of carbonyl (C=O) groups is 2. The lowest BCUT2D eigenvalue weighted by Gasteiger charge is -2.38. The zero-order chi connectivity index (χ0) is 21.0. The van der Waals surface area contributed by atoms with Crippen LogP contribution in [0, 0.1) is 5.92 Å². The fourth-order valence-corrected chi connectivity index (χ4v) is 3.81. The molecule has 1 N–H and O–H groups in total. The number of rotatable bonds is 6. The lowest BCUT2D eigenvalue weighted by molar-refractivity contribution is -0.140. The Balaban J connectivity index is 1.90. The number of benzene rings is 2. The number of nitrogens with one attached hydrogen (secondary N) is 1. The zero-order valence-corrected chi connectivity index (χ0v) is 17.1. The third-order valence-electron chi connectivity index (χ3n) is 5.27. The second-order valence-corrected chi connectivity index (χ2v) is 6.91. The third-order valence-corrected chi connectivity index (χ3v) is 5.27. The third kappa shape index (κ3) is 4.13. The molecule has 2 amide bonds. The summed E-state index contributed by atoms with van der Waals surface area (Å²) in [6.45, 7) is 0. The molecule has 0 aromatic heterocycles. The summed E-state index contributed by atoms with van der Waals surface area (Å²) in [6.07, 6.45) is 0.826. The van der Waals surface area contributed by atoms with Gasteiger partial charge in [0.15, 0.2) is 11.5 Å². The molecule has 0 spiro atoms. The largest absolute Gasteiger partial charge is 0.493 e. The minimum atomic E-state index is -0.376. The topological polar surface area (TPSA) is 77.1 Å². The highest BCUT2D eigenvalue weighted by molar-refractivity contribution is 5.95. The van der Waals surface area contributed by atoms with E-state index in [1.165, 1.54) is 21.3 Å². The second kappa shape index (κ2) is 8.86. The van der Waals surface area contributed by atoms with Crippen molar-refractivity contribution in [3.63, 3.8) is 0 Å². The highest BCUT2D eigenvalue weighted by Gasteiger charge is 2.38. The molecule has 29 heavy (non-hydrogen) atoms. The zero-order valence-electron chi connectivity index (χ0n) is 17.1. The quantitative estimate of drug-likeness (QED) is 0.808. The molecular weight excluding hydrogens is 372 g/mol. The molecule has 1 saturated heterocycles. The lowest BCUT2D eigenvalue weighted by atomic mass is 9.84. The molecule has 7 nitrogen and oxygen atoms in total. The number of amides is 2. The molecule has 2 unspecified atom stereocenters. The van der Waals surface area contributed by atoms with Gasteiger partial charge in [-0.2, -0.15) is 0 Å². The van der Waals surface area contributed by atoms with Crippen LogP contribution in [0.5, 0.6) is 17.2 Å². The molecule has 7 heteroatoms. The summed E-state index contributed by atoms with van der Waals surface area (Å²) in [5.74, 6) is 0.871. The molecule has 2 atom stereocenters. The molecule has 3 rings (SSSR count). The SMILES string of the molecule is COc1cc(NC(=O)C2CCC(=O)N(C)C2c2ccccc2)cc(OC)c1OC. The number of carbonyl (C=O) groups excluding carboxylic acids is 2. The molecular formula is C22H26N2O5. The van der Waals surface area contributed by atoms with Gasteiger partial charge in [-0.3, -0.25) is 9.59 Å². The summed E-state index contributed by atoms with van der Waals surface area (Å²) in [4.78, 5) is 27.1. The Bertz CT molecular complexity index is 859. The van der Waals surface area contributed by atoms with Crippen molar-refractivity contribution in [2.45, 2.75) is 18.9 Å². The molecule has 0 bridgehead atoms. The Morgan fingerprint density at radius 1 is 1.03 bits per heavy atom. The maximum absolute atomic E-state index is 13.2. The van der Waals surface area contributed by atoms with Crippen LogP contribution in [0.2, 0.25) is 0 Å². The highest BCUT2D eigenvalue weighted by atomic mass is 16.5. The number of nitrogens with zero attached hydrogens (tertiary/aromatic N) is 1. The first-order valence-electron chi connectivity index (χ1n) is 9.41. The number of methoxy groups -OCH3 is 3. The van der Waals surface area contributed by atoms with Crippen LogP contribution in [0.1, 0.15) is 24.4 Å². The summed E-state index contributed by atoms with van der Waals surface area (Å²) < 4.78 is 16.0. The van der Waals surface area contributed by atoms with Gasteiger partial charge in [0, 0.05) is 31.3 Å². The van der Waals surface area contributed by atoms with Gasteiger partial charge in [-0.25, -0.2) is 0 Å². The number of anilines is 1. The van der Waals surface area contributed by atoms with E-state index in [4.69, 9.17) is 14.2 Å². The van der Waals surface area contributed by atoms with Crippen LogP contribution in [0.4, 0.5) is 5.69 Å². The van der Waals surface area contributed by atoms with Crippen LogP contribution in [0.25, 0.3) is 0 Å². The predicted octanol–water partition coefficient (Wildman–Crippen LogP) is 3.26. The molecule has 1 heterocycles. The Kier molecular flexibility index (Phi) is 6.26. The summed E-state index contributed by atoms with van der Waals surface area (Å²) >= 11 is 0. The van der Waals surface area contributed by atoms with Crippen molar-refractivity contribution in [2.24, 2.45) is 5.92 Å². The summed E-state index contributed by atoms with van der Waals surface area (Å²) in [5, 5.41) is 2.96. The van der Waals surface area contributed by atoms with Gasteiger partial charge in [0.1, 0.15) is 0 Å². The number of hydrogen-bond acceptors (Lipinski definition) is 5. The normalized spacial score (nSPS) is 18.9. The van der Waals surface area contributed by atoms with Gasteiger partial charge >= 0.3 is 0 Å². The Morgan fingerprint density at radius 2 is 1.66 bits per heavy atom. The van der Waals surface area contributed by atoms with E-state index in [1.807, 2.05) is 30.3 Å². The smallest absolute Gasteiger partial charge is 0.229 e. The van der Waals surface area contributed by atoms with Crippen LogP contribution in [0.3, 0.4) is 0 Å². The molecule has 2 aromatic rings. The van der Waals surface area contributed by atoms with Crippen molar-refractivity contribution in [2.75, 3.05) is 33.7 Å². The van der Waals surface area contributed by atoms with Crippen molar-refractivity contribution in [1.29, 1.82) is 0 Å². The molecule has 1 fully saturated rings. The van der Waals surface area contributed by atoms with E-state index in [9.17, 15) is 9.59 Å². The fraction of sp³-hybridized carbons (Fsp3) is 0.364. The van der Waals surface area contributed by atoms with Gasteiger partial charge in [0.2, 0.25) is 17.6 Å². The fourth-order valence-electron chi connectivity index (χ4n) is 3.81. The van der Waals surface area contributed by atoms with Gasteiger partial charge in [0.25, 0.3) is 0 Å². The maximum Gasteiger partial charge on any atom is 0.229 e. The summed E-state index contributed by atoms with van der Waals surface area (Å²) in [5.41, 5.74) is 1.48. The van der Waals surface area contributed by atoms with E-state index in [1.54, 1.807) is 24.1 Å². The predicted molar refractivity (Wildman–Crippen MR) is 109 cm³/mol. The molecule has 154 valence electrons. The van der Waals surface area contributed by atoms with Gasteiger partial charge < -0.3 is 24.4 Å². The van der Waals surface area contributed by atoms with Crippen LogP contribution >= 0.6 is 0 Å². The lowest BCUT2D eigenvalue weighted by Crippen LogP contribution is -2.44. The first kappa shape index (κ1) is 20.5. The summed E-state index contributed by atoms with van der Waals surface area (Å²) in [7, 11) is 6.32. The van der Waals surface area contributed by atoms with Crippen molar-refractivity contribution in [3.05, 3.63) is 48.0 Å². The first-order valence-corrected chi connectivity index (χ1v) is 9.41. The van der Waals surface area contributed by atoms with E-state index in [0.29, 0.717) is 35.8 Å². The Morgan fingerprint density at radius 3 is 2.21 bits per heavy atom. The number of hydrogen-bond donors (Lipinski definition) is 1. The van der Waals surface area contributed by atoms with E-state index >= 15 is 0 Å². The minimum Gasteiger partial charge on any atom is -0.493 e. The van der Waals surface area contributed by atoms with E-state index < -0.39 is 0 Å². The van der Waals surface area contributed by atoms with Gasteiger partial charge in [-0.05, 0) is 12.0 Å². The van der Waals surface area contributed by atoms with Gasteiger partial charge in [0.05, 0.1) is 33.3 Å². The Labute approximate surface area is 170 Å². The van der Waals surface area contributed by atoms with Crippen molar-refractivity contribution in [1.82, 2.24) is 4.90 Å². The van der Waals surface area contributed by atoms with E-state index in [0.717, 1.165) is 5.56 Å². The molecule has 0 radical (unpaired) electrons. The second-order valence-electron chi connectivity index (χ2n) is 6.91. The number of ether oxygens (including phenoxy) is 3. The van der Waals surface area contributed by atoms with E-state index in [2.05, 4.69) is 5.32 Å². The average molecular weight is 398 g/mol. The van der Waals surface area contributed by atoms with E-state index in [-0.39, 0.29) is 23.8 Å². The standard InChI is InChI=1S/C22H26N2O5/c1-24-19(25)11-10-16(20(24)14-8-6-5-7-9-14)22(26)23-15-12-17(27-2)21(29-4)18(13-15)28-3/h5-9,12-13,16,20H,10-11H2,1-4H3,(H,23,26). The number of likely N-dealkylation sites (tertiary alicyclic amines) is 1. The molecule has 0 saturated carbocycles. The molecule has 2 aromatic carbocycles. The van der Waals surface area contributed by atoms with Crippen LogP contribution in [-0.2, 0) is 9.59 Å². The minimum absolute atomic E-state index is 0.0377. The Hall–Kier alpha value is -3.22. The van der Waals surface area contributed by atoms with Crippen molar-refractivity contribution < 1.29 is 23.8 Å². The average Bonchev–Trinajstić information content (AvgIpc) is 2.75. The molecule has 0 aliphatic carbocycles. The van der Waals surface area contributed by atoms with Gasteiger partial charge in [-0.1, -0.05) is 30.3 Å². The maximum atomic E-state index is 13.2. The van der Waals surface area contributed by atoms with Crippen molar-refractivity contribution >= 4 is 17.5 Å². The monoisotopic (exact) mass is 398 g/mol. The molecule has 1 aliphatic rings. The number of piperidine rings is 1.